The Kier molecular flexibility index (Phi) is 16.3. The fourth-order valence-corrected chi connectivity index (χ4v) is 1.65. The van der Waals surface area contributed by atoms with E-state index in [-0.39, 0.29) is 5.97 Å². The van der Waals surface area contributed by atoms with Crippen molar-refractivity contribution in [1.82, 2.24) is 0 Å². The van der Waals surface area contributed by atoms with E-state index in [1.807, 2.05) is 6.92 Å². The molecule has 0 aromatic heterocycles. The number of carboxylic acid groups (broad SMARTS) is 1. The van der Waals surface area contributed by atoms with E-state index in [1.165, 1.54) is 18.9 Å². The number of carbonyl (C=O) groups excluding carboxylic acids is 1. The van der Waals surface area contributed by atoms with E-state index in [2.05, 4.69) is 27.0 Å². The van der Waals surface area contributed by atoms with Crippen molar-refractivity contribution < 1.29 is 19.4 Å². The molecule has 0 radical (unpaired) electrons. The second-order valence-corrected chi connectivity index (χ2v) is 5.26. The van der Waals surface area contributed by atoms with Gasteiger partial charge in [0.15, 0.2) is 0 Å². The fourth-order valence-electron chi connectivity index (χ4n) is 1.65. The lowest BCUT2D eigenvalue weighted by Gasteiger charge is -2.13. The van der Waals surface area contributed by atoms with Gasteiger partial charge in [-0.15, -0.1) is 0 Å². The normalized spacial score (nSPS) is 10.9. The van der Waals surface area contributed by atoms with Gasteiger partial charge in [0.2, 0.25) is 0 Å². The molecule has 4 nitrogen and oxygen atoms in total. The molecule has 0 amide bonds. The number of aliphatic carboxylic acids is 1. The summed E-state index contributed by atoms with van der Waals surface area (Å²) in [4.78, 5) is 20.9. The summed E-state index contributed by atoms with van der Waals surface area (Å²) in [5.74, 6) is -0.665. The van der Waals surface area contributed by atoms with Gasteiger partial charge in [-0.05, 0) is 25.2 Å². The van der Waals surface area contributed by atoms with Crippen molar-refractivity contribution >= 4 is 11.9 Å². The molecule has 1 atom stereocenters. The number of unbranched alkanes of at least 4 members (excludes halogenated alkanes) is 2. The first-order valence-electron chi connectivity index (χ1n) is 8.12. The third-order valence-electron chi connectivity index (χ3n) is 3.31. The van der Waals surface area contributed by atoms with E-state index in [0.29, 0.717) is 24.5 Å². The van der Waals surface area contributed by atoms with Crippen LogP contribution in [-0.4, -0.2) is 23.7 Å². The van der Waals surface area contributed by atoms with Gasteiger partial charge < -0.3 is 9.84 Å². The first-order chi connectivity index (χ1) is 10.4. The summed E-state index contributed by atoms with van der Waals surface area (Å²) in [6, 6.07) is 0. The predicted octanol–water partition coefficient (Wildman–Crippen LogP) is 4.75. The number of carboxylic acids is 1. The molecule has 0 saturated carbocycles. The molecule has 22 heavy (non-hydrogen) atoms. The number of carbonyl (C=O) groups is 2. The molecule has 128 valence electrons. The van der Waals surface area contributed by atoms with Gasteiger partial charge in [-0.25, -0.2) is 9.59 Å². The number of esters is 1. The van der Waals surface area contributed by atoms with E-state index in [1.54, 1.807) is 0 Å². The minimum absolute atomic E-state index is 0.310. The zero-order valence-electron chi connectivity index (χ0n) is 14.4. The minimum Gasteiger partial charge on any atom is -0.478 e. The second kappa shape index (κ2) is 15.8. The van der Waals surface area contributed by atoms with Crippen LogP contribution in [0.5, 0.6) is 0 Å². The molecule has 0 bridgehead atoms. The van der Waals surface area contributed by atoms with Crippen LogP contribution in [0, 0.1) is 5.92 Å². The molecular formula is C18H32O4. The topological polar surface area (TPSA) is 63.6 Å². The molecule has 0 aliphatic carbocycles. The van der Waals surface area contributed by atoms with Gasteiger partial charge in [0, 0.05) is 11.6 Å². The Balaban J connectivity index is 0. The van der Waals surface area contributed by atoms with E-state index in [4.69, 9.17) is 9.84 Å². The van der Waals surface area contributed by atoms with Gasteiger partial charge in [0.05, 0.1) is 6.61 Å². The Labute approximate surface area is 135 Å². The van der Waals surface area contributed by atoms with Crippen LogP contribution in [0.15, 0.2) is 24.8 Å². The first kappa shape index (κ1) is 22.7. The Hall–Kier alpha value is -1.58. The maximum absolute atomic E-state index is 10.8. The quantitative estimate of drug-likeness (QED) is 0.442. The van der Waals surface area contributed by atoms with Crippen molar-refractivity contribution in [3.8, 4) is 0 Å². The summed E-state index contributed by atoms with van der Waals surface area (Å²) in [7, 11) is 0. The van der Waals surface area contributed by atoms with Crippen molar-refractivity contribution in [2.24, 2.45) is 5.92 Å². The summed E-state index contributed by atoms with van der Waals surface area (Å²) in [5.41, 5.74) is 0.317. The lowest BCUT2D eigenvalue weighted by Crippen LogP contribution is -2.12. The van der Waals surface area contributed by atoms with Crippen LogP contribution in [0.25, 0.3) is 0 Å². The van der Waals surface area contributed by atoms with Crippen molar-refractivity contribution in [3.05, 3.63) is 24.8 Å². The lowest BCUT2D eigenvalue weighted by atomic mass is 10.0. The van der Waals surface area contributed by atoms with Gasteiger partial charge in [-0.3, -0.25) is 0 Å². The Morgan fingerprint density at radius 2 is 1.77 bits per heavy atom. The first-order valence-corrected chi connectivity index (χ1v) is 8.12. The van der Waals surface area contributed by atoms with E-state index in [9.17, 15) is 9.59 Å². The summed E-state index contributed by atoms with van der Waals surface area (Å²) in [5, 5.41) is 8.31. The molecule has 0 aromatic rings. The van der Waals surface area contributed by atoms with Gasteiger partial charge in [-0.1, -0.05) is 59.6 Å². The molecule has 0 saturated heterocycles. The smallest absolute Gasteiger partial charge is 0.330 e. The Morgan fingerprint density at radius 3 is 2.18 bits per heavy atom. The second-order valence-electron chi connectivity index (χ2n) is 5.26. The van der Waals surface area contributed by atoms with Crippen LogP contribution in [0.3, 0.4) is 0 Å². The highest BCUT2D eigenvalue weighted by Crippen LogP contribution is 2.12. The monoisotopic (exact) mass is 312 g/mol. The standard InChI is InChI=1S/C11H20O2.C7H12O2/c1-4-7-8-10(5-2)9-13-11(12)6-3;1-3-4-5-6(2)7(8)9/h6,10H,3-5,7-9H2,1-2H3;2-5H2,1H3,(H,8,9). The van der Waals surface area contributed by atoms with Crippen LogP contribution >= 0.6 is 0 Å². The van der Waals surface area contributed by atoms with E-state index in [0.717, 1.165) is 25.7 Å². The molecule has 4 heteroatoms. The number of ether oxygens (including phenoxy) is 1. The highest BCUT2D eigenvalue weighted by molar-refractivity contribution is 5.85. The highest BCUT2D eigenvalue weighted by atomic mass is 16.5. The highest BCUT2D eigenvalue weighted by Gasteiger charge is 2.07. The average molecular weight is 312 g/mol. The van der Waals surface area contributed by atoms with Crippen molar-refractivity contribution in [1.29, 1.82) is 0 Å². The van der Waals surface area contributed by atoms with Gasteiger partial charge >= 0.3 is 11.9 Å². The molecule has 0 aliphatic rings. The maximum atomic E-state index is 10.8. The fraction of sp³-hybridized carbons (Fsp3) is 0.667. The zero-order valence-corrected chi connectivity index (χ0v) is 14.4. The van der Waals surface area contributed by atoms with Gasteiger partial charge in [0.25, 0.3) is 0 Å². The molecule has 1 N–H and O–H groups in total. The number of rotatable bonds is 11. The summed E-state index contributed by atoms with van der Waals surface area (Å²) in [6.45, 7) is 13.6. The molecule has 0 spiro atoms. The molecular weight excluding hydrogens is 280 g/mol. The van der Waals surface area contributed by atoms with Crippen LogP contribution in [0.2, 0.25) is 0 Å². The van der Waals surface area contributed by atoms with Crippen LogP contribution in [-0.2, 0) is 14.3 Å². The molecule has 0 aliphatic heterocycles. The summed E-state index contributed by atoms with van der Waals surface area (Å²) < 4.78 is 4.98. The minimum atomic E-state index is -0.872. The predicted molar refractivity (Wildman–Crippen MR) is 90.8 cm³/mol. The zero-order chi connectivity index (χ0) is 17.4. The van der Waals surface area contributed by atoms with E-state index >= 15 is 0 Å². The van der Waals surface area contributed by atoms with Crippen molar-refractivity contribution in [2.45, 2.75) is 65.7 Å². The molecule has 0 aromatic carbocycles. The van der Waals surface area contributed by atoms with Crippen molar-refractivity contribution in [3.63, 3.8) is 0 Å². The molecule has 1 unspecified atom stereocenters. The van der Waals surface area contributed by atoms with Crippen LogP contribution < -0.4 is 0 Å². The third kappa shape index (κ3) is 14.8. The van der Waals surface area contributed by atoms with E-state index < -0.39 is 5.97 Å². The average Bonchev–Trinajstić information content (AvgIpc) is 2.52. The summed E-state index contributed by atoms with van der Waals surface area (Å²) >= 11 is 0. The maximum Gasteiger partial charge on any atom is 0.330 e. The number of hydrogen-bond donors (Lipinski definition) is 1. The van der Waals surface area contributed by atoms with Gasteiger partial charge in [0.1, 0.15) is 0 Å². The largest absolute Gasteiger partial charge is 0.478 e. The molecule has 0 fully saturated rings. The number of hydrogen-bond acceptors (Lipinski definition) is 3. The SMILES string of the molecule is C=C(CCCC)C(=O)O.C=CC(=O)OCC(CC)CCCC. The Bertz CT molecular complexity index is 334. The molecule has 0 rings (SSSR count). The third-order valence-corrected chi connectivity index (χ3v) is 3.31. The lowest BCUT2D eigenvalue weighted by molar-refractivity contribution is -0.139. The summed E-state index contributed by atoms with van der Waals surface area (Å²) in [6.07, 6.45) is 8.41. The van der Waals surface area contributed by atoms with Crippen LogP contribution in [0.4, 0.5) is 0 Å². The Morgan fingerprint density at radius 1 is 1.18 bits per heavy atom. The van der Waals surface area contributed by atoms with Gasteiger partial charge in [-0.2, -0.15) is 0 Å². The van der Waals surface area contributed by atoms with Crippen LogP contribution in [0.1, 0.15) is 65.7 Å². The van der Waals surface area contributed by atoms with Crippen molar-refractivity contribution in [2.75, 3.05) is 6.61 Å². The molecule has 0 heterocycles.